The van der Waals surface area contributed by atoms with Crippen molar-refractivity contribution in [3.05, 3.63) is 12.2 Å². The minimum atomic E-state index is -6.96. The average molecular weight is 361 g/mol. The lowest BCUT2D eigenvalue weighted by Gasteiger charge is -2.35. The zero-order valence-electron chi connectivity index (χ0n) is 12.7. The van der Waals surface area contributed by atoms with Crippen LogP contribution in [0.4, 0.5) is 39.5 Å². The summed E-state index contributed by atoms with van der Waals surface area (Å²) in [6.45, 7) is 5.68. The van der Waals surface area contributed by atoms with E-state index >= 15 is 0 Å². The Balaban J connectivity index is 0. The van der Waals surface area contributed by atoms with Gasteiger partial charge in [0.15, 0.2) is 0 Å². The first kappa shape index (κ1) is 23.8. The third kappa shape index (κ3) is 4.77. The van der Waals surface area contributed by atoms with Gasteiger partial charge in [0.25, 0.3) is 0 Å². The molecule has 0 radical (unpaired) electrons. The Morgan fingerprint density at radius 1 is 0.913 bits per heavy atom. The van der Waals surface area contributed by atoms with Crippen LogP contribution in [0.3, 0.4) is 0 Å². The molecule has 0 aliphatic heterocycles. The van der Waals surface area contributed by atoms with Crippen LogP contribution >= 0.6 is 0 Å². The Labute approximate surface area is 126 Å². The Hall–Kier alpha value is -1.42. The molecule has 0 fully saturated rings. The summed E-state index contributed by atoms with van der Waals surface area (Å²) in [6, 6.07) is 0. The molecule has 23 heavy (non-hydrogen) atoms. The molecule has 0 aromatic rings. The lowest BCUT2D eigenvalue weighted by Crippen LogP contribution is -2.63. The number of likely N-dealkylation sites (N-methyl/N-ethyl adjacent to an activating group) is 1. The smallest absolute Gasteiger partial charge is 0.336 e. The van der Waals surface area contributed by atoms with Gasteiger partial charge in [0.1, 0.15) is 0 Å². The number of hydrogen-bond acceptors (Lipinski definition) is 1. The van der Waals surface area contributed by atoms with E-state index in [-0.39, 0.29) is 10.5 Å². The summed E-state index contributed by atoms with van der Waals surface area (Å²) < 4.78 is 113. The molecule has 0 atom stereocenters. The summed E-state index contributed by atoms with van der Waals surface area (Å²) in [4.78, 5) is 11.0. The molecule has 0 bridgehead atoms. The van der Waals surface area contributed by atoms with Crippen molar-refractivity contribution < 1.29 is 44.3 Å². The fraction of sp³-hybridized carbons (Fsp3) is 0.750. The van der Waals surface area contributed by atoms with Gasteiger partial charge in [0.2, 0.25) is 5.91 Å². The number of carbonyl (C=O) groups excluding carboxylic acids is 1. The predicted molar refractivity (Wildman–Crippen MR) is 64.7 cm³/mol. The molecule has 11 heteroatoms. The van der Waals surface area contributed by atoms with Gasteiger partial charge >= 0.3 is 23.9 Å². The quantitative estimate of drug-likeness (QED) is 0.521. The number of nitrogens with zero attached hydrogens (tertiary/aromatic N) is 1. The van der Waals surface area contributed by atoms with E-state index in [1.54, 1.807) is 0 Å². The number of rotatable bonds is 5. The minimum absolute atomic E-state index is 0.122. The predicted octanol–water partition coefficient (Wildman–Crippen LogP) is 4.52. The van der Waals surface area contributed by atoms with E-state index in [4.69, 9.17) is 0 Å². The average Bonchev–Trinajstić information content (AvgIpc) is 2.37. The normalized spacial score (nSPS) is 13.1. The van der Waals surface area contributed by atoms with Gasteiger partial charge < -0.3 is 4.90 Å². The number of alkyl halides is 9. The zero-order valence-corrected chi connectivity index (χ0v) is 12.7. The van der Waals surface area contributed by atoms with E-state index in [1.165, 1.54) is 0 Å². The second-order valence-corrected chi connectivity index (χ2v) is 4.29. The first-order chi connectivity index (χ1) is 9.99. The van der Waals surface area contributed by atoms with Crippen LogP contribution in [0.15, 0.2) is 12.2 Å². The summed E-state index contributed by atoms with van der Waals surface area (Å²) in [5.74, 6) is -20.8. The fourth-order valence-electron chi connectivity index (χ4n) is 1.20. The van der Waals surface area contributed by atoms with Crippen molar-refractivity contribution in [2.24, 2.45) is 0 Å². The zero-order chi connectivity index (χ0) is 19.4. The van der Waals surface area contributed by atoms with Gasteiger partial charge in [-0.15, -0.1) is 0 Å². The van der Waals surface area contributed by atoms with Crippen LogP contribution in [0, 0.1) is 0 Å². The highest BCUT2D eigenvalue weighted by molar-refractivity contribution is 5.92. The molecule has 0 unspecified atom stereocenters. The summed E-state index contributed by atoms with van der Waals surface area (Å²) in [5.41, 5.74) is -0.390. The van der Waals surface area contributed by atoms with Gasteiger partial charge in [-0.25, -0.2) is 0 Å². The molecule has 0 saturated heterocycles. The van der Waals surface area contributed by atoms with Crippen LogP contribution < -0.4 is 0 Å². The largest absolute Gasteiger partial charge is 0.460 e. The number of amides is 1. The summed E-state index contributed by atoms with van der Waals surface area (Å²) in [5, 5.41) is 0. The SMILES string of the molecule is C=C(C)C(=O)N(C)CC(F)(F)C(F)(F)C(F)(F)C(F)(F)F.CC. The third-order valence-electron chi connectivity index (χ3n) is 2.36. The highest BCUT2D eigenvalue weighted by Gasteiger charge is 2.81. The lowest BCUT2D eigenvalue weighted by molar-refractivity contribution is -0.396. The molecule has 1 amide bonds. The molecule has 0 aliphatic rings. The maximum Gasteiger partial charge on any atom is 0.460 e. The van der Waals surface area contributed by atoms with Gasteiger partial charge in [0.05, 0.1) is 6.54 Å². The lowest BCUT2D eigenvalue weighted by atomic mass is 10.0. The first-order valence-electron chi connectivity index (χ1n) is 6.10. The monoisotopic (exact) mass is 361 g/mol. The Bertz CT molecular complexity index is 429. The topological polar surface area (TPSA) is 20.3 Å². The molecular formula is C12H16F9NO. The van der Waals surface area contributed by atoms with E-state index in [2.05, 4.69) is 6.58 Å². The minimum Gasteiger partial charge on any atom is -0.336 e. The van der Waals surface area contributed by atoms with Crippen LogP contribution in [0.1, 0.15) is 20.8 Å². The van der Waals surface area contributed by atoms with Gasteiger partial charge in [0, 0.05) is 12.6 Å². The standard InChI is InChI=1S/C10H10F9NO.C2H6/c1-5(2)6(21)20(3)4-7(11,12)8(13,14)9(15,16)10(17,18)19;1-2/h1,4H2,2-3H3;1-2H3. The molecule has 2 nitrogen and oxygen atoms in total. The first-order valence-corrected chi connectivity index (χ1v) is 6.10. The van der Waals surface area contributed by atoms with Crippen molar-refractivity contribution in [1.82, 2.24) is 4.90 Å². The molecule has 0 aromatic heterocycles. The number of halogens is 9. The molecule has 0 aromatic carbocycles. The molecule has 0 saturated carbocycles. The van der Waals surface area contributed by atoms with Crippen molar-refractivity contribution in [3.8, 4) is 0 Å². The number of hydrogen-bond donors (Lipinski definition) is 0. The molecule has 0 spiro atoms. The Morgan fingerprint density at radius 3 is 1.52 bits per heavy atom. The van der Waals surface area contributed by atoms with E-state index < -0.39 is 36.4 Å². The summed E-state index contributed by atoms with van der Waals surface area (Å²) >= 11 is 0. The van der Waals surface area contributed by atoms with E-state index in [0.29, 0.717) is 7.05 Å². The Morgan fingerprint density at radius 2 is 1.26 bits per heavy atom. The summed E-state index contributed by atoms with van der Waals surface area (Å²) in [7, 11) is 0.534. The maximum absolute atomic E-state index is 13.1. The van der Waals surface area contributed by atoms with E-state index in [9.17, 15) is 44.3 Å². The van der Waals surface area contributed by atoms with Crippen LogP contribution in [0.5, 0.6) is 0 Å². The van der Waals surface area contributed by atoms with Crippen molar-refractivity contribution >= 4 is 5.91 Å². The number of carbonyl (C=O) groups is 1. The van der Waals surface area contributed by atoms with Crippen LogP contribution in [-0.2, 0) is 4.79 Å². The molecule has 0 heterocycles. The second kappa shape index (κ2) is 7.43. The fourth-order valence-corrected chi connectivity index (χ4v) is 1.20. The van der Waals surface area contributed by atoms with Gasteiger partial charge in [-0.1, -0.05) is 20.4 Å². The Kier molecular flexibility index (Phi) is 7.70. The van der Waals surface area contributed by atoms with E-state index in [0.717, 1.165) is 6.92 Å². The van der Waals surface area contributed by atoms with Crippen LogP contribution in [0.25, 0.3) is 0 Å². The molecular weight excluding hydrogens is 345 g/mol. The summed E-state index contributed by atoms with van der Waals surface area (Å²) in [6.07, 6.45) is -6.88. The van der Waals surface area contributed by atoms with Crippen molar-refractivity contribution in [1.29, 1.82) is 0 Å². The second-order valence-electron chi connectivity index (χ2n) is 4.29. The van der Waals surface area contributed by atoms with Gasteiger partial charge in [-0.05, 0) is 6.92 Å². The molecule has 138 valence electrons. The van der Waals surface area contributed by atoms with Crippen molar-refractivity contribution in [2.45, 2.75) is 44.7 Å². The van der Waals surface area contributed by atoms with Crippen molar-refractivity contribution in [2.75, 3.05) is 13.6 Å². The molecule has 0 N–H and O–H groups in total. The van der Waals surface area contributed by atoms with Crippen molar-refractivity contribution in [3.63, 3.8) is 0 Å². The molecule has 0 aliphatic carbocycles. The van der Waals surface area contributed by atoms with Gasteiger partial charge in [-0.3, -0.25) is 4.79 Å². The third-order valence-corrected chi connectivity index (χ3v) is 2.36. The highest BCUT2D eigenvalue weighted by atomic mass is 19.4. The van der Waals surface area contributed by atoms with Crippen LogP contribution in [0.2, 0.25) is 0 Å². The molecule has 0 rings (SSSR count). The van der Waals surface area contributed by atoms with Gasteiger partial charge in [-0.2, -0.15) is 39.5 Å². The van der Waals surface area contributed by atoms with E-state index in [1.807, 2.05) is 13.8 Å². The maximum atomic E-state index is 13.1. The highest BCUT2D eigenvalue weighted by Crippen LogP contribution is 2.53. The van der Waals surface area contributed by atoms with Crippen LogP contribution in [-0.4, -0.2) is 48.3 Å².